The molecule has 1 aromatic heterocycles. The van der Waals surface area contributed by atoms with Crippen LogP contribution in [0.3, 0.4) is 0 Å². The molecular weight excluding hydrogens is 414 g/mol. The normalized spacial score (nSPS) is 13.5. The number of piperidine rings is 1. The average Bonchev–Trinajstić information content (AvgIpc) is 2.81. The molecule has 3 aromatic rings. The monoisotopic (exact) mass is 435 g/mol. The Morgan fingerprint density at radius 3 is 2.39 bits per heavy atom. The Morgan fingerprint density at radius 1 is 0.935 bits per heavy atom. The number of likely N-dealkylation sites (tertiary alicyclic amines) is 1. The molecule has 1 saturated heterocycles. The Bertz CT molecular complexity index is 1060. The van der Waals surface area contributed by atoms with Crippen LogP contribution in [0.5, 0.6) is 11.6 Å². The molecule has 1 N–H and O–H groups in total. The van der Waals surface area contributed by atoms with Gasteiger partial charge in [-0.2, -0.15) is 0 Å². The second-order valence-corrected chi connectivity index (χ2v) is 7.77. The van der Waals surface area contributed by atoms with Crippen molar-refractivity contribution >= 4 is 29.1 Å². The number of pyridine rings is 1. The maximum atomic E-state index is 12.5. The Balaban J connectivity index is 1.35. The number of aromatic nitrogens is 1. The molecule has 158 valence electrons. The Labute approximate surface area is 185 Å². The number of hydrogen-bond donors (Lipinski definition) is 1. The highest BCUT2D eigenvalue weighted by atomic mass is 35.5. The SMILES string of the molecule is O=C(Nc1ccc(Oc2ccc(C(=O)N3CCCCC3)cc2)nc1)c1cccc(Cl)c1. The number of halogens is 1. The number of ether oxygens (including phenoxy) is 1. The fraction of sp³-hybridized carbons (Fsp3) is 0.208. The number of anilines is 1. The van der Waals surface area contributed by atoms with E-state index in [1.165, 1.54) is 12.6 Å². The molecule has 0 aliphatic carbocycles. The minimum absolute atomic E-state index is 0.0594. The highest BCUT2D eigenvalue weighted by Gasteiger charge is 2.18. The van der Waals surface area contributed by atoms with Crippen LogP contribution < -0.4 is 10.1 Å². The van der Waals surface area contributed by atoms with Gasteiger partial charge in [0.2, 0.25) is 5.88 Å². The molecule has 7 heteroatoms. The molecule has 0 unspecified atom stereocenters. The van der Waals surface area contributed by atoms with Gasteiger partial charge < -0.3 is 15.0 Å². The first-order valence-corrected chi connectivity index (χ1v) is 10.6. The molecule has 2 heterocycles. The van der Waals surface area contributed by atoms with E-state index in [2.05, 4.69) is 10.3 Å². The van der Waals surface area contributed by atoms with E-state index in [0.29, 0.717) is 33.5 Å². The summed E-state index contributed by atoms with van der Waals surface area (Å²) in [5.41, 5.74) is 1.66. The number of carbonyl (C=O) groups is 2. The van der Waals surface area contributed by atoms with Crippen molar-refractivity contribution < 1.29 is 14.3 Å². The lowest BCUT2D eigenvalue weighted by Gasteiger charge is -2.26. The van der Waals surface area contributed by atoms with Crippen LogP contribution in [0.25, 0.3) is 0 Å². The molecular formula is C24H22ClN3O3. The van der Waals surface area contributed by atoms with Gasteiger partial charge in [0.05, 0.1) is 11.9 Å². The number of nitrogens with one attached hydrogen (secondary N) is 1. The van der Waals surface area contributed by atoms with Crippen molar-refractivity contribution in [3.8, 4) is 11.6 Å². The van der Waals surface area contributed by atoms with E-state index in [1.807, 2.05) is 4.90 Å². The number of rotatable bonds is 5. The number of amides is 2. The van der Waals surface area contributed by atoms with E-state index in [0.717, 1.165) is 25.9 Å². The third-order valence-corrected chi connectivity index (χ3v) is 5.28. The molecule has 31 heavy (non-hydrogen) atoms. The van der Waals surface area contributed by atoms with Gasteiger partial charge in [-0.3, -0.25) is 9.59 Å². The first-order valence-electron chi connectivity index (χ1n) is 10.2. The van der Waals surface area contributed by atoms with E-state index in [1.54, 1.807) is 60.7 Å². The van der Waals surface area contributed by atoms with Crippen LogP contribution in [0.4, 0.5) is 5.69 Å². The second kappa shape index (κ2) is 9.62. The van der Waals surface area contributed by atoms with Crippen molar-refractivity contribution in [3.05, 3.63) is 83.0 Å². The molecule has 1 fully saturated rings. The average molecular weight is 436 g/mol. The number of benzene rings is 2. The van der Waals surface area contributed by atoms with Crippen LogP contribution in [0, 0.1) is 0 Å². The molecule has 0 atom stereocenters. The van der Waals surface area contributed by atoms with Crippen LogP contribution in [0.1, 0.15) is 40.0 Å². The predicted octanol–water partition coefficient (Wildman–Crippen LogP) is 5.41. The molecule has 6 nitrogen and oxygen atoms in total. The molecule has 1 aliphatic heterocycles. The van der Waals surface area contributed by atoms with Gasteiger partial charge in [-0.05, 0) is 67.8 Å². The van der Waals surface area contributed by atoms with Gasteiger partial charge in [0.1, 0.15) is 5.75 Å². The lowest BCUT2D eigenvalue weighted by molar-refractivity contribution is 0.0724. The molecule has 0 saturated carbocycles. The molecule has 2 aromatic carbocycles. The van der Waals surface area contributed by atoms with Crippen LogP contribution in [0.2, 0.25) is 5.02 Å². The fourth-order valence-electron chi connectivity index (χ4n) is 3.41. The van der Waals surface area contributed by atoms with Crippen LogP contribution >= 0.6 is 11.6 Å². The minimum atomic E-state index is -0.271. The van der Waals surface area contributed by atoms with E-state index in [4.69, 9.17) is 16.3 Å². The standard InChI is InChI=1S/C24H22ClN3O3/c25-19-6-4-5-18(15-19)23(29)27-20-9-12-22(26-16-20)31-21-10-7-17(8-11-21)24(30)28-13-2-1-3-14-28/h4-12,15-16H,1-3,13-14H2,(H,27,29). The van der Waals surface area contributed by atoms with Gasteiger partial charge >= 0.3 is 0 Å². The first kappa shape index (κ1) is 20.9. The second-order valence-electron chi connectivity index (χ2n) is 7.33. The van der Waals surface area contributed by atoms with Gasteiger partial charge in [0, 0.05) is 35.3 Å². The topological polar surface area (TPSA) is 71.5 Å². The van der Waals surface area contributed by atoms with Crippen molar-refractivity contribution in [2.45, 2.75) is 19.3 Å². The maximum Gasteiger partial charge on any atom is 0.255 e. The molecule has 0 bridgehead atoms. The zero-order valence-electron chi connectivity index (χ0n) is 16.9. The summed E-state index contributed by atoms with van der Waals surface area (Å²) in [5.74, 6) is 0.755. The largest absolute Gasteiger partial charge is 0.439 e. The van der Waals surface area contributed by atoms with Crippen molar-refractivity contribution in [1.82, 2.24) is 9.88 Å². The van der Waals surface area contributed by atoms with Gasteiger partial charge in [-0.1, -0.05) is 17.7 Å². The highest BCUT2D eigenvalue weighted by Crippen LogP contribution is 2.22. The molecule has 2 amide bonds. The van der Waals surface area contributed by atoms with Gasteiger partial charge in [-0.15, -0.1) is 0 Å². The van der Waals surface area contributed by atoms with E-state index >= 15 is 0 Å². The third-order valence-electron chi connectivity index (χ3n) is 5.05. The lowest BCUT2D eigenvalue weighted by Crippen LogP contribution is -2.35. The lowest BCUT2D eigenvalue weighted by atomic mass is 10.1. The minimum Gasteiger partial charge on any atom is -0.439 e. The van der Waals surface area contributed by atoms with Crippen molar-refractivity contribution in [1.29, 1.82) is 0 Å². The smallest absolute Gasteiger partial charge is 0.255 e. The summed E-state index contributed by atoms with van der Waals surface area (Å²) < 4.78 is 5.75. The Morgan fingerprint density at radius 2 is 1.71 bits per heavy atom. The Hall–Kier alpha value is -3.38. The van der Waals surface area contributed by atoms with Gasteiger partial charge in [-0.25, -0.2) is 4.98 Å². The summed E-state index contributed by atoms with van der Waals surface area (Å²) in [6.07, 6.45) is 4.83. The summed E-state index contributed by atoms with van der Waals surface area (Å²) in [6.45, 7) is 1.64. The van der Waals surface area contributed by atoms with E-state index in [-0.39, 0.29) is 11.8 Å². The summed E-state index contributed by atoms with van der Waals surface area (Å²) in [6, 6.07) is 17.1. The third kappa shape index (κ3) is 5.41. The molecule has 4 rings (SSSR count). The number of nitrogens with zero attached hydrogens (tertiary/aromatic N) is 2. The molecule has 0 spiro atoms. The maximum absolute atomic E-state index is 12.5. The zero-order valence-corrected chi connectivity index (χ0v) is 17.6. The first-order chi connectivity index (χ1) is 15.1. The molecule has 0 radical (unpaired) electrons. The zero-order chi connectivity index (χ0) is 21.6. The van der Waals surface area contributed by atoms with Crippen molar-refractivity contribution in [2.24, 2.45) is 0 Å². The van der Waals surface area contributed by atoms with Gasteiger partial charge in [0.25, 0.3) is 11.8 Å². The number of carbonyl (C=O) groups excluding carboxylic acids is 2. The number of hydrogen-bond acceptors (Lipinski definition) is 4. The fourth-order valence-corrected chi connectivity index (χ4v) is 3.60. The summed E-state index contributed by atoms with van der Waals surface area (Å²) >= 11 is 5.93. The van der Waals surface area contributed by atoms with E-state index < -0.39 is 0 Å². The predicted molar refractivity (Wildman–Crippen MR) is 120 cm³/mol. The molecule has 1 aliphatic rings. The van der Waals surface area contributed by atoms with Crippen LogP contribution in [-0.4, -0.2) is 34.8 Å². The quantitative estimate of drug-likeness (QED) is 0.582. The summed E-state index contributed by atoms with van der Waals surface area (Å²) in [7, 11) is 0. The summed E-state index contributed by atoms with van der Waals surface area (Å²) in [4.78, 5) is 31.0. The van der Waals surface area contributed by atoms with Crippen LogP contribution in [0.15, 0.2) is 66.9 Å². The van der Waals surface area contributed by atoms with Crippen molar-refractivity contribution in [2.75, 3.05) is 18.4 Å². The van der Waals surface area contributed by atoms with E-state index in [9.17, 15) is 9.59 Å². The summed E-state index contributed by atoms with van der Waals surface area (Å²) in [5, 5.41) is 3.27. The highest BCUT2D eigenvalue weighted by molar-refractivity contribution is 6.31. The van der Waals surface area contributed by atoms with Gasteiger partial charge in [0.15, 0.2) is 0 Å². The van der Waals surface area contributed by atoms with Crippen molar-refractivity contribution in [3.63, 3.8) is 0 Å². The van der Waals surface area contributed by atoms with Crippen LogP contribution in [-0.2, 0) is 0 Å². The Kier molecular flexibility index (Phi) is 6.48.